The van der Waals surface area contributed by atoms with E-state index in [0.717, 1.165) is 26.3 Å². The molecule has 0 fully saturated rings. The predicted molar refractivity (Wildman–Crippen MR) is 84.2 cm³/mol. The lowest BCUT2D eigenvalue weighted by atomic mass is 10.3. The van der Waals surface area contributed by atoms with Crippen LogP contribution in [0.3, 0.4) is 0 Å². The summed E-state index contributed by atoms with van der Waals surface area (Å²) in [5.74, 6) is 0.805. The number of aromatic nitrogens is 2. The van der Waals surface area contributed by atoms with Crippen LogP contribution in [0.4, 0.5) is 0 Å². The van der Waals surface area contributed by atoms with Gasteiger partial charge < -0.3 is 9.52 Å². The van der Waals surface area contributed by atoms with Gasteiger partial charge in [0.1, 0.15) is 16.3 Å². The number of oxazole rings is 1. The number of phenols is 1. The van der Waals surface area contributed by atoms with E-state index >= 15 is 0 Å². The molecule has 0 spiro atoms. The molecule has 4 aromatic rings. The van der Waals surface area contributed by atoms with E-state index in [-0.39, 0.29) is 5.75 Å². The zero-order valence-electron chi connectivity index (χ0n) is 10.9. The Morgan fingerprint density at radius 3 is 2.81 bits per heavy atom. The summed E-state index contributed by atoms with van der Waals surface area (Å²) in [6.07, 6.45) is 3.67. The quantitative estimate of drug-likeness (QED) is 0.598. The number of benzene rings is 2. The molecule has 0 aliphatic rings. The Morgan fingerprint density at radius 1 is 1.00 bits per heavy atom. The van der Waals surface area contributed by atoms with Crippen LogP contribution >= 0.6 is 11.3 Å². The summed E-state index contributed by atoms with van der Waals surface area (Å²) in [4.78, 5) is 8.85. The number of para-hydroxylation sites is 2. The lowest BCUT2D eigenvalue weighted by Crippen LogP contribution is -1.71. The topological polar surface area (TPSA) is 59.2 Å². The minimum absolute atomic E-state index is 0.251. The number of aromatic hydroxyl groups is 1. The summed E-state index contributed by atoms with van der Waals surface area (Å²) in [6.45, 7) is 0. The summed E-state index contributed by atoms with van der Waals surface area (Å²) in [5.41, 5.74) is 2.48. The lowest BCUT2D eigenvalue weighted by molar-refractivity contribution is 0.476. The van der Waals surface area contributed by atoms with Crippen molar-refractivity contribution < 1.29 is 9.52 Å². The standard InChI is InChI=1S/C16H10N2O2S/c19-10-5-6-12-14(9-10)21-16(18-12)8-7-15-17-11-3-1-2-4-13(11)20-15/h1-9,19H. The van der Waals surface area contributed by atoms with Crippen molar-refractivity contribution in [3.8, 4) is 5.75 Å². The van der Waals surface area contributed by atoms with Crippen molar-refractivity contribution in [3.63, 3.8) is 0 Å². The van der Waals surface area contributed by atoms with Gasteiger partial charge in [-0.1, -0.05) is 12.1 Å². The van der Waals surface area contributed by atoms with Gasteiger partial charge in [0, 0.05) is 6.08 Å². The molecule has 2 heterocycles. The molecular weight excluding hydrogens is 284 g/mol. The van der Waals surface area contributed by atoms with Gasteiger partial charge in [-0.05, 0) is 36.4 Å². The Labute approximate surface area is 124 Å². The van der Waals surface area contributed by atoms with Crippen molar-refractivity contribution in [3.05, 3.63) is 53.4 Å². The Kier molecular flexibility index (Phi) is 2.72. The molecule has 0 saturated heterocycles. The summed E-state index contributed by atoms with van der Waals surface area (Å²) >= 11 is 1.51. The fraction of sp³-hybridized carbons (Fsp3) is 0. The molecule has 0 atom stereocenters. The van der Waals surface area contributed by atoms with Gasteiger partial charge in [0.05, 0.1) is 10.2 Å². The molecule has 21 heavy (non-hydrogen) atoms. The van der Waals surface area contributed by atoms with Crippen LogP contribution in [0.15, 0.2) is 46.9 Å². The molecule has 2 aromatic heterocycles. The lowest BCUT2D eigenvalue weighted by Gasteiger charge is -1.87. The molecule has 102 valence electrons. The summed E-state index contributed by atoms with van der Waals surface area (Å²) in [7, 11) is 0. The van der Waals surface area contributed by atoms with Crippen LogP contribution in [-0.2, 0) is 0 Å². The van der Waals surface area contributed by atoms with Crippen LogP contribution in [0.2, 0.25) is 0 Å². The second-order valence-corrected chi connectivity index (χ2v) is 5.62. The first kappa shape index (κ1) is 12.1. The van der Waals surface area contributed by atoms with Gasteiger partial charge in [0.25, 0.3) is 0 Å². The van der Waals surface area contributed by atoms with E-state index < -0.39 is 0 Å². The molecule has 4 nitrogen and oxygen atoms in total. The van der Waals surface area contributed by atoms with Crippen LogP contribution in [0.1, 0.15) is 10.9 Å². The van der Waals surface area contributed by atoms with E-state index in [0.29, 0.717) is 5.89 Å². The van der Waals surface area contributed by atoms with E-state index in [1.165, 1.54) is 11.3 Å². The number of hydrogen-bond acceptors (Lipinski definition) is 5. The highest BCUT2D eigenvalue weighted by molar-refractivity contribution is 7.19. The maximum atomic E-state index is 9.46. The van der Waals surface area contributed by atoms with E-state index in [4.69, 9.17) is 4.42 Å². The van der Waals surface area contributed by atoms with E-state index in [1.807, 2.05) is 30.3 Å². The van der Waals surface area contributed by atoms with Crippen molar-refractivity contribution in [1.29, 1.82) is 0 Å². The third kappa shape index (κ3) is 2.28. The Bertz CT molecular complexity index is 936. The van der Waals surface area contributed by atoms with Gasteiger partial charge >= 0.3 is 0 Å². The van der Waals surface area contributed by atoms with Gasteiger partial charge in [-0.3, -0.25) is 0 Å². The highest BCUT2D eigenvalue weighted by Gasteiger charge is 2.04. The smallest absolute Gasteiger partial charge is 0.220 e. The Hall–Kier alpha value is -2.66. The van der Waals surface area contributed by atoms with Crippen molar-refractivity contribution in [2.24, 2.45) is 0 Å². The van der Waals surface area contributed by atoms with E-state index in [2.05, 4.69) is 9.97 Å². The zero-order chi connectivity index (χ0) is 14.2. The Balaban J connectivity index is 1.69. The number of thiazole rings is 1. The number of rotatable bonds is 2. The summed E-state index contributed by atoms with van der Waals surface area (Å²) in [5, 5.41) is 10.3. The third-order valence-electron chi connectivity index (χ3n) is 3.07. The zero-order valence-corrected chi connectivity index (χ0v) is 11.7. The molecule has 0 unspecified atom stereocenters. The molecule has 0 bridgehead atoms. The van der Waals surface area contributed by atoms with Crippen LogP contribution in [-0.4, -0.2) is 15.1 Å². The monoisotopic (exact) mass is 294 g/mol. The van der Waals surface area contributed by atoms with E-state index in [9.17, 15) is 5.11 Å². The predicted octanol–water partition coefficient (Wildman–Crippen LogP) is 4.31. The third-order valence-corrected chi connectivity index (χ3v) is 4.05. The molecule has 0 radical (unpaired) electrons. The highest BCUT2D eigenvalue weighted by atomic mass is 32.1. The summed E-state index contributed by atoms with van der Waals surface area (Å²) < 4.78 is 6.57. The Morgan fingerprint density at radius 2 is 1.90 bits per heavy atom. The maximum Gasteiger partial charge on any atom is 0.220 e. The second kappa shape index (κ2) is 4.71. The van der Waals surface area contributed by atoms with Crippen LogP contribution in [0.5, 0.6) is 5.75 Å². The minimum Gasteiger partial charge on any atom is -0.508 e. The molecule has 0 aliphatic carbocycles. The van der Waals surface area contributed by atoms with E-state index in [1.54, 1.807) is 24.3 Å². The van der Waals surface area contributed by atoms with Crippen LogP contribution in [0, 0.1) is 0 Å². The number of fused-ring (bicyclic) bond motifs is 2. The second-order valence-electron chi connectivity index (χ2n) is 4.56. The van der Waals surface area contributed by atoms with Gasteiger partial charge in [0.15, 0.2) is 5.58 Å². The van der Waals surface area contributed by atoms with Crippen molar-refractivity contribution >= 4 is 44.8 Å². The largest absolute Gasteiger partial charge is 0.508 e. The number of phenolic OH excluding ortho intramolecular Hbond substituents is 1. The molecule has 4 rings (SSSR count). The molecule has 0 saturated carbocycles. The van der Waals surface area contributed by atoms with Crippen molar-refractivity contribution in [2.75, 3.05) is 0 Å². The fourth-order valence-corrected chi connectivity index (χ4v) is 3.01. The molecule has 2 aromatic carbocycles. The highest BCUT2D eigenvalue weighted by Crippen LogP contribution is 2.27. The normalized spacial score (nSPS) is 11.8. The SMILES string of the molecule is Oc1ccc2nc(C=Cc3nc4ccccc4o3)sc2c1. The minimum atomic E-state index is 0.251. The van der Waals surface area contributed by atoms with Gasteiger partial charge in [-0.15, -0.1) is 11.3 Å². The summed E-state index contributed by atoms with van der Waals surface area (Å²) in [6, 6.07) is 12.8. The molecular formula is C16H10N2O2S. The van der Waals surface area contributed by atoms with Crippen molar-refractivity contribution in [2.45, 2.75) is 0 Å². The first-order valence-electron chi connectivity index (χ1n) is 6.41. The maximum absolute atomic E-state index is 9.46. The molecule has 0 aliphatic heterocycles. The van der Waals surface area contributed by atoms with Gasteiger partial charge in [0.2, 0.25) is 5.89 Å². The number of nitrogens with zero attached hydrogens (tertiary/aromatic N) is 2. The fourth-order valence-electron chi connectivity index (χ4n) is 2.11. The van der Waals surface area contributed by atoms with Gasteiger partial charge in [-0.2, -0.15) is 0 Å². The molecule has 5 heteroatoms. The molecule has 0 amide bonds. The van der Waals surface area contributed by atoms with Gasteiger partial charge in [-0.25, -0.2) is 9.97 Å². The first-order valence-corrected chi connectivity index (χ1v) is 7.23. The first-order chi connectivity index (χ1) is 10.3. The number of hydrogen-bond donors (Lipinski definition) is 1. The average molecular weight is 294 g/mol. The van der Waals surface area contributed by atoms with Crippen molar-refractivity contribution in [1.82, 2.24) is 9.97 Å². The van der Waals surface area contributed by atoms with Crippen LogP contribution < -0.4 is 0 Å². The average Bonchev–Trinajstić information content (AvgIpc) is 3.07. The molecule has 1 N–H and O–H groups in total. The van der Waals surface area contributed by atoms with Crippen LogP contribution in [0.25, 0.3) is 33.5 Å².